The summed E-state index contributed by atoms with van der Waals surface area (Å²) < 4.78 is 29.5. The quantitative estimate of drug-likeness (QED) is 0.661. The van der Waals surface area contributed by atoms with Gasteiger partial charge in [-0.1, -0.05) is 41.2 Å². The van der Waals surface area contributed by atoms with E-state index in [1.165, 1.54) is 0 Å². The lowest BCUT2D eigenvalue weighted by Gasteiger charge is -2.31. The number of hydrogen-bond acceptors (Lipinski definition) is 0. The van der Waals surface area contributed by atoms with Crippen molar-refractivity contribution in [3.63, 3.8) is 0 Å². The Morgan fingerprint density at radius 2 is 1.59 bits per heavy atom. The fourth-order valence-corrected chi connectivity index (χ4v) is 3.58. The minimum atomic E-state index is -0.526. The van der Waals surface area contributed by atoms with Gasteiger partial charge in [0.25, 0.3) is 0 Å². The molecule has 0 spiro atoms. The third-order valence-electron chi connectivity index (χ3n) is 3.93. The van der Waals surface area contributed by atoms with Crippen LogP contribution >= 0.6 is 18.5 Å². The second kappa shape index (κ2) is 7.06. The summed E-state index contributed by atoms with van der Waals surface area (Å²) >= 11 is 0. The molecule has 0 heterocycles. The first-order valence-corrected chi connectivity index (χ1v) is 8.75. The van der Waals surface area contributed by atoms with Gasteiger partial charge in [0.05, 0.1) is 0 Å². The lowest BCUT2D eigenvalue weighted by molar-refractivity contribution is 0.297. The van der Waals surface area contributed by atoms with E-state index >= 15 is 4.39 Å². The van der Waals surface area contributed by atoms with Crippen molar-refractivity contribution in [1.29, 1.82) is 0 Å². The third-order valence-corrected chi connectivity index (χ3v) is 5.45. The molecule has 1 rings (SSSR count). The smallest absolute Gasteiger partial charge is 0.141 e. The Hall–Kier alpha value is -0.320. The van der Waals surface area contributed by atoms with E-state index in [0.29, 0.717) is 21.7 Å². The fraction of sp³-hybridized carbons (Fsp3) is 0.556. The van der Waals surface area contributed by atoms with Gasteiger partial charge in [0.1, 0.15) is 11.6 Å². The summed E-state index contributed by atoms with van der Waals surface area (Å²) in [5.41, 5.74) is 1.12. The molecular weight excluding hydrogens is 316 g/mol. The zero-order valence-electron chi connectivity index (χ0n) is 14.5. The van der Waals surface area contributed by atoms with Crippen molar-refractivity contribution < 1.29 is 8.78 Å². The van der Waals surface area contributed by atoms with E-state index in [1.54, 1.807) is 6.92 Å². The Labute approximate surface area is 138 Å². The van der Waals surface area contributed by atoms with Crippen LogP contribution in [0.3, 0.4) is 0 Å². The highest BCUT2D eigenvalue weighted by Gasteiger charge is 2.30. The van der Waals surface area contributed by atoms with Crippen molar-refractivity contribution in [2.75, 3.05) is 0 Å². The molecule has 0 fully saturated rings. The molecule has 3 unspecified atom stereocenters. The summed E-state index contributed by atoms with van der Waals surface area (Å²) in [6, 6.07) is 0. The first kappa shape index (κ1) is 19.7. The molecule has 3 atom stereocenters. The van der Waals surface area contributed by atoms with Crippen molar-refractivity contribution >= 4 is 34.7 Å². The van der Waals surface area contributed by atoms with Crippen molar-refractivity contribution in [1.82, 2.24) is 0 Å². The normalized spacial score (nSPS) is 13.6. The number of allylic oxidation sites excluding steroid dienone is 1. The number of hydrogen-bond donors (Lipinski definition) is 0. The SMILES string of the molecule is C=C(C)c1c(F)c(P)c(P)c(C(CC(C)(C)C)C(C)C)c1F. The second-order valence-electron chi connectivity index (χ2n) is 7.64. The maximum atomic E-state index is 15.1. The average Bonchev–Trinajstić information content (AvgIpc) is 2.33. The van der Waals surface area contributed by atoms with Crippen molar-refractivity contribution in [3.8, 4) is 0 Å². The van der Waals surface area contributed by atoms with Crippen LogP contribution in [-0.2, 0) is 0 Å². The van der Waals surface area contributed by atoms with E-state index in [4.69, 9.17) is 0 Å². The second-order valence-corrected chi connectivity index (χ2v) is 8.79. The summed E-state index contributed by atoms with van der Waals surface area (Å²) in [4.78, 5) is 0. The van der Waals surface area contributed by atoms with Crippen LogP contribution in [0.25, 0.3) is 5.57 Å². The van der Waals surface area contributed by atoms with Gasteiger partial charge in [-0.25, -0.2) is 8.78 Å². The predicted molar refractivity (Wildman–Crippen MR) is 101 cm³/mol. The average molecular weight is 344 g/mol. The number of halogens is 2. The Bertz CT molecular complexity index is 584. The van der Waals surface area contributed by atoms with Gasteiger partial charge >= 0.3 is 0 Å². The first-order chi connectivity index (χ1) is 9.88. The molecule has 0 saturated heterocycles. The molecule has 0 aliphatic carbocycles. The van der Waals surface area contributed by atoms with E-state index in [1.807, 2.05) is 0 Å². The molecule has 0 aliphatic heterocycles. The zero-order valence-corrected chi connectivity index (χ0v) is 16.8. The van der Waals surface area contributed by atoms with Gasteiger partial charge in [-0.05, 0) is 47.0 Å². The lowest BCUT2D eigenvalue weighted by atomic mass is 9.75. The van der Waals surface area contributed by atoms with Crippen molar-refractivity contribution in [3.05, 3.63) is 29.3 Å². The van der Waals surface area contributed by atoms with Gasteiger partial charge < -0.3 is 0 Å². The maximum Gasteiger partial charge on any atom is 0.141 e. The molecule has 0 saturated carbocycles. The first-order valence-electron chi connectivity index (χ1n) is 7.60. The molecule has 4 heteroatoms. The highest BCUT2D eigenvalue weighted by atomic mass is 31.0. The maximum absolute atomic E-state index is 15.1. The van der Waals surface area contributed by atoms with Crippen LogP contribution in [0.15, 0.2) is 6.58 Å². The fourth-order valence-electron chi connectivity index (χ4n) is 2.82. The molecule has 124 valence electrons. The van der Waals surface area contributed by atoms with Gasteiger partial charge in [0, 0.05) is 10.9 Å². The van der Waals surface area contributed by atoms with Crippen LogP contribution in [0, 0.1) is 23.0 Å². The van der Waals surface area contributed by atoms with Crippen LogP contribution in [0.2, 0.25) is 0 Å². The molecule has 0 aromatic heterocycles. The number of benzene rings is 1. The molecule has 0 radical (unpaired) electrons. The van der Waals surface area contributed by atoms with Crippen molar-refractivity contribution in [2.24, 2.45) is 11.3 Å². The molecule has 1 aromatic rings. The molecular formula is C18H28F2P2. The summed E-state index contributed by atoms with van der Waals surface area (Å²) in [6.45, 7) is 16.0. The Balaban J connectivity index is 3.66. The predicted octanol–water partition coefficient (Wildman–Crippen LogP) is 5.17. The summed E-state index contributed by atoms with van der Waals surface area (Å²) in [5, 5.41) is 1.03. The minimum absolute atomic E-state index is 0.0192. The van der Waals surface area contributed by atoms with Gasteiger partial charge in [-0.3, -0.25) is 0 Å². The molecule has 22 heavy (non-hydrogen) atoms. The Morgan fingerprint density at radius 3 is 1.95 bits per heavy atom. The monoisotopic (exact) mass is 344 g/mol. The van der Waals surface area contributed by atoms with E-state index in [2.05, 4.69) is 59.7 Å². The van der Waals surface area contributed by atoms with Crippen molar-refractivity contribution in [2.45, 2.75) is 53.9 Å². The highest BCUT2D eigenvalue weighted by Crippen LogP contribution is 2.39. The molecule has 0 nitrogen and oxygen atoms in total. The van der Waals surface area contributed by atoms with E-state index < -0.39 is 11.6 Å². The van der Waals surface area contributed by atoms with E-state index in [0.717, 1.165) is 6.42 Å². The third kappa shape index (κ3) is 4.15. The molecule has 0 aliphatic rings. The topological polar surface area (TPSA) is 0 Å². The van der Waals surface area contributed by atoms with Crippen LogP contribution in [0.4, 0.5) is 8.78 Å². The molecule has 1 aromatic carbocycles. The molecule has 0 bridgehead atoms. The van der Waals surface area contributed by atoms with Gasteiger partial charge in [-0.2, -0.15) is 0 Å². The lowest BCUT2D eigenvalue weighted by Crippen LogP contribution is -2.30. The molecule has 0 amide bonds. The summed E-state index contributed by atoms with van der Waals surface area (Å²) in [7, 11) is 4.93. The highest BCUT2D eigenvalue weighted by molar-refractivity contribution is 7.36. The van der Waals surface area contributed by atoms with Crippen LogP contribution in [-0.4, -0.2) is 0 Å². The summed E-state index contributed by atoms with van der Waals surface area (Å²) in [6.07, 6.45) is 0.842. The summed E-state index contributed by atoms with van der Waals surface area (Å²) in [5.74, 6) is -0.683. The van der Waals surface area contributed by atoms with Crippen LogP contribution < -0.4 is 10.6 Å². The van der Waals surface area contributed by atoms with Gasteiger partial charge in [0.15, 0.2) is 0 Å². The van der Waals surface area contributed by atoms with Gasteiger partial charge in [-0.15, -0.1) is 18.5 Å². The number of rotatable bonds is 4. The molecule has 0 N–H and O–H groups in total. The zero-order chi connectivity index (χ0) is 17.4. The largest absolute Gasteiger partial charge is 0.206 e. The minimum Gasteiger partial charge on any atom is -0.206 e. The van der Waals surface area contributed by atoms with Crippen LogP contribution in [0.5, 0.6) is 0 Å². The Morgan fingerprint density at radius 1 is 1.09 bits per heavy atom. The van der Waals surface area contributed by atoms with Gasteiger partial charge in [0.2, 0.25) is 0 Å². The van der Waals surface area contributed by atoms with E-state index in [-0.39, 0.29) is 22.8 Å². The van der Waals surface area contributed by atoms with E-state index in [9.17, 15) is 4.39 Å². The standard InChI is InChI=1S/C18H28F2P2/c1-9(2)11(8-18(5,6)7)13-14(19)12(10(3)4)15(20)17(22)16(13)21/h9,11H,3,8,21-22H2,1-2,4-7H3. The van der Waals surface area contributed by atoms with Crippen LogP contribution in [0.1, 0.15) is 65.0 Å². The Kier molecular flexibility index (Phi) is 6.33.